The average Bonchev–Trinajstić information content (AvgIpc) is 2.42. The lowest BCUT2D eigenvalue weighted by atomic mass is 9.74. The molecule has 1 aliphatic carbocycles. The molecular formula is C17H24O3. The minimum Gasteiger partial charge on any atom is -0.497 e. The van der Waals surface area contributed by atoms with Gasteiger partial charge >= 0.3 is 0 Å². The van der Waals surface area contributed by atoms with E-state index in [1.807, 2.05) is 13.0 Å². The zero-order valence-electron chi connectivity index (χ0n) is 12.6. The molecule has 0 amide bonds. The number of methoxy groups -OCH3 is 2. The highest BCUT2D eigenvalue weighted by atomic mass is 16.7. The minimum absolute atomic E-state index is 0.0947. The van der Waals surface area contributed by atoms with Crippen LogP contribution in [0.25, 0.3) is 0 Å². The predicted octanol–water partition coefficient (Wildman–Crippen LogP) is 3.68. The molecule has 20 heavy (non-hydrogen) atoms. The summed E-state index contributed by atoms with van der Waals surface area (Å²) in [6, 6.07) is 6.38. The van der Waals surface area contributed by atoms with E-state index in [0.717, 1.165) is 30.6 Å². The number of benzene rings is 1. The van der Waals surface area contributed by atoms with Crippen LogP contribution in [0.1, 0.15) is 36.8 Å². The van der Waals surface area contributed by atoms with E-state index in [1.54, 1.807) is 14.2 Å². The molecule has 1 aliphatic rings. The molecule has 1 aromatic carbocycles. The van der Waals surface area contributed by atoms with Crippen molar-refractivity contribution < 1.29 is 14.2 Å². The SMILES string of the molecule is C=C(C)[C@H](CCC1Cc2cc(OC)ccc21)OCOC. The summed E-state index contributed by atoms with van der Waals surface area (Å²) in [4.78, 5) is 0. The Morgan fingerprint density at radius 3 is 2.80 bits per heavy atom. The van der Waals surface area contributed by atoms with Crippen LogP contribution < -0.4 is 4.74 Å². The Kier molecular flexibility index (Phi) is 5.21. The van der Waals surface area contributed by atoms with Crippen LogP contribution in [0.4, 0.5) is 0 Å². The molecule has 1 aromatic rings. The first-order chi connectivity index (χ1) is 9.65. The van der Waals surface area contributed by atoms with Crippen molar-refractivity contribution in [2.45, 2.75) is 38.2 Å². The van der Waals surface area contributed by atoms with Gasteiger partial charge < -0.3 is 14.2 Å². The second-order valence-corrected chi connectivity index (χ2v) is 5.45. The monoisotopic (exact) mass is 276 g/mol. The summed E-state index contributed by atoms with van der Waals surface area (Å²) < 4.78 is 15.9. The van der Waals surface area contributed by atoms with E-state index in [1.165, 1.54) is 11.1 Å². The Hall–Kier alpha value is -1.32. The van der Waals surface area contributed by atoms with Crippen LogP contribution in [0.5, 0.6) is 5.75 Å². The molecule has 2 atom stereocenters. The molecule has 0 fully saturated rings. The molecule has 0 radical (unpaired) electrons. The quantitative estimate of drug-likeness (QED) is 0.535. The van der Waals surface area contributed by atoms with Gasteiger partial charge in [-0.2, -0.15) is 0 Å². The molecule has 0 N–H and O–H groups in total. The largest absolute Gasteiger partial charge is 0.497 e. The molecule has 110 valence electrons. The van der Waals surface area contributed by atoms with Crippen LogP contribution >= 0.6 is 0 Å². The van der Waals surface area contributed by atoms with Gasteiger partial charge in [0.25, 0.3) is 0 Å². The average molecular weight is 276 g/mol. The first kappa shape index (κ1) is 15.1. The smallest absolute Gasteiger partial charge is 0.147 e. The maximum absolute atomic E-state index is 5.65. The predicted molar refractivity (Wildman–Crippen MR) is 80.2 cm³/mol. The fraction of sp³-hybridized carbons (Fsp3) is 0.529. The number of ether oxygens (including phenoxy) is 3. The fourth-order valence-corrected chi connectivity index (χ4v) is 2.76. The second-order valence-electron chi connectivity index (χ2n) is 5.45. The van der Waals surface area contributed by atoms with Crippen molar-refractivity contribution >= 4 is 0 Å². The molecule has 0 aromatic heterocycles. The lowest BCUT2D eigenvalue weighted by Gasteiger charge is -2.31. The van der Waals surface area contributed by atoms with Gasteiger partial charge in [-0.25, -0.2) is 0 Å². The highest BCUT2D eigenvalue weighted by Gasteiger charge is 2.27. The highest BCUT2D eigenvalue weighted by Crippen LogP contribution is 2.40. The Balaban J connectivity index is 1.87. The van der Waals surface area contributed by atoms with E-state index in [4.69, 9.17) is 14.2 Å². The van der Waals surface area contributed by atoms with Crippen molar-refractivity contribution in [1.82, 2.24) is 0 Å². The van der Waals surface area contributed by atoms with Crippen LogP contribution in [0.2, 0.25) is 0 Å². The first-order valence-electron chi connectivity index (χ1n) is 7.08. The van der Waals surface area contributed by atoms with Gasteiger partial charge in [-0.3, -0.25) is 0 Å². The van der Waals surface area contributed by atoms with E-state index in [9.17, 15) is 0 Å². The Morgan fingerprint density at radius 2 is 2.20 bits per heavy atom. The van der Waals surface area contributed by atoms with Crippen molar-refractivity contribution in [3.63, 3.8) is 0 Å². The molecule has 1 unspecified atom stereocenters. The molecular weight excluding hydrogens is 252 g/mol. The Morgan fingerprint density at radius 1 is 1.40 bits per heavy atom. The summed E-state index contributed by atoms with van der Waals surface area (Å²) in [6.45, 7) is 6.34. The van der Waals surface area contributed by atoms with E-state index < -0.39 is 0 Å². The van der Waals surface area contributed by atoms with E-state index in [0.29, 0.717) is 12.7 Å². The summed E-state index contributed by atoms with van der Waals surface area (Å²) in [5.41, 5.74) is 3.94. The molecule has 0 spiro atoms. The lowest BCUT2D eigenvalue weighted by molar-refractivity contribution is -0.0620. The maximum Gasteiger partial charge on any atom is 0.147 e. The third-order valence-electron chi connectivity index (χ3n) is 3.97. The highest BCUT2D eigenvalue weighted by molar-refractivity contribution is 5.44. The van der Waals surface area contributed by atoms with Crippen LogP contribution in [0, 0.1) is 0 Å². The van der Waals surface area contributed by atoms with Gasteiger partial charge in [-0.05, 0) is 55.4 Å². The van der Waals surface area contributed by atoms with Gasteiger partial charge in [0.2, 0.25) is 0 Å². The van der Waals surface area contributed by atoms with Crippen LogP contribution in [0.15, 0.2) is 30.4 Å². The summed E-state index contributed by atoms with van der Waals surface area (Å²) in [5.74, 6) is 1.59. The topological polar surface area (TPSA) is 27.7 Å². The molecule has 0 aliphatic heterocycles. The second kappa shape index (κ2) is 6.91. The normalized spacial score (nSPS) is 18.1. The third kappa shape index (κ3) is 3.41. The van der Waals surface area contributed by atoms with E-state index in [-0.39, 0.29) is 6.10 Å². The number of hydrogen-bond acceptors (Lipinski definition) is 3. The van der Waals surface area contributed by atoms with Crippen LogP contribution in [-0.2, 0) is 15.9 Å². The zero-order chi connectivity index (χ0) is 14.5. The molecule has 3 nitrogen and oxygen atoms in total. The fourth-order valence-electron chi connectivity index (χ4n) is 2.76. The first-order valence-corrected chi connectivity index (χ1v) is 7.08. The van der Waals surface area contributed by atoms with Gasteiger partial charge in [-0.15, -0.1) is 0 Å². The zero-order valence-corrected chi connectivity index (χ0v) is 12.6. The van der Waals surface area contributed by atoms with Crippen molar-refractivity contribution in [3.05, 3.63) is 41.5 Å². The van der Waals surface area contributed by atoms with Crippen molar-refractivity contribution in [1.29, 1.82) is 0 Å². The summed E-state index contributed by atoms with van der Waals surface area (Å²) in [5, 5.41) is 0. The standard InChI is InChI=1S/C17H24O3/c1-12(2)17(20-11-18-3)8-5-13-9-14-10-15(19-4)6-7-16(13)14/h6-7,10,13,17H,1,5,8-9,11H2,2-4H3/t13?,17-/m0/s1. The van der Waals surface area contributed by atoms with Crippen molar-refractivity contribution in [3.8, 4) is 5.75 Å². The molecule has 0 saturated heterocycles. The number of fused-ring (bicyclic) bond motifs is 1. The molecule has 3 heteroatoms. The maximum atomic E-state index is 5.65. The van der Waals surface area contributed by atoms with Crippen LogP contribution in [0.3, 0.4) is 0 Å². The van der Waals surface area contributed by atoms with E-state index in [2.05, 4.69) is 18.7 Å². The summed E-state index contributed by atoms with van der Waals surface area (Å²) in [6.07, 6.45) is 3.35. The molecule has 0 bridgehead atoms. The molecule has 2 rings (SSSR count). The lowest BCUT2D eigenvalue weighted by Crippen LogP contribution is -2.21. The third-order valence-corrected chi connectivity index (χ3v) is 3.97. The van der Waals surface area contributed by atoms with Gasteiger partial charge in [0.05, 0.1) is 13.2 Å². The van der Waals surface area contributed by atoms with Gasteiger partial charge in [0.15, 0.2) is 0 Å². The molecule has 0 heterocycles. The Bertz CT molecular complexity index is 467. The summed E-state index contributed by atoms with van der Waals surface area (Å²) >= 11 is 0. The van der Waals surface area contributed by atoms with Gasteiger partial charge in [0, 0.05) is 7.11 Å². The van der Waals surface area contributed by atoms with Crippen LogP contribution in [-0.4, -0.2) is 27.1 Å². The van der Waals surface area contributed by atoms with Gasteiger partial charge in [-0.1, -0.05) is 18.2 Å². The minimum atomic E-state index is 0.0947. The van der Waals surface area contributed by atoms with Crippen molar-refractivity contribution in [2.75, 3.05) is 21.0 Å². The van der Waals surface area contributed by atoms with Crippen molar-refractivity contribution in [2.24, 2.45) is 0 Å². The van der Waals surface area contributed by atoms with Gasteiger partial charge in [0.1, 0.15) is 12.5 Å². The van der Waals surface area contributed by atoms with E-state index >= 15 is 0 Å². The number of rotatable bonds is 8. The Labute approximate surface area is 121 Å². The number of hydrogen-bond donors (Lipinski definition) is 0. The molecule has 0 saturated carbocycles. The summed E-state index contributed by atoms with van der Waals surface area (Å²) in [7, 11) is 3.35.